The molecule has 5 rings (SSSR count). The third-order valence-electron chi connectivity index (χ3n) is 6.81. The molecule has 0 saturated carbocycles. The van der Waals surface area contributed by atoms with Crippen LogP contribution in [0.5, 0.6) is 28.7 Å². The van der Waals surface area contributed by atoms with Crippen LogP contribution in [0.15, 0.2) is 36.8 Å². The van der Waals surface area contributed by atoms with Gasteiger partial charge in [0.25, 0.3) is 0 Å². The van der Waals surface area contributed by atoms with E-state index >= 15 is 0 Å². The van der Waals surface area contributed by atoms with E-state index in [0.717, 1.165) is 30.5 Å². The Bertz CT molecular complexity index is 1450. The first-order chi connectivity index (χ1) is 19.0. The van der Waals surface area contributed by atoms with Crippen molar-refractivity contribution < 1.29 is 28.8 Å². The van der Waals surface area contributed by atoms with Crippen LogP contribution < -0.4 is 33.9 Å². The van der Waals surface area contributed by atoms with Crippen LogP contribution in [0.2, 0.25) is 0 Å². The van der Waals surface area contributed by atoms with Crippen LogP contribution in [0.3, 0.4) is 0 Å². The Morgan fingerprint density at radius 2 is 1.59 bits per heavy atom. The summed E-state index contributed by atoms with van der Waals surface area (Å²) in [6, 6.07) is 7.34. The van der Waals surface area contributed by atoms with Gasteiger partial charge in [-0.15, -0.1) is 0 Å². The number of hydrogen-bond donors (Lipinski definition) is 2. The van der Waals surface area contributed by atoms with Crippen LogP contribution in [0.25, 0.3) is 16.6 Å². The van der Waals surface area contributed by atoms with Crippen molar-refractivity contribution in [2.45, 2.75) is 18.9 Å². The van der Waals surface area contributed by atoms with Crippen molar-refractivity contribution >= 4 is 28.5 Å². The van der Waals surface area contributed by atoms with E-state index in [4.69, 9.17) is 33.7 Å². The molecule has 1 aliphatic heterocycles. The molecule has 1 aliphatic rings. The van der Waals surface area contributed by atoms with Crippen molar-refractivity contribution in [1.29, 1.82) is 0 Å². The van der Waals surface area contributed by atoms with Crippen LogP contribution in [0.4, 0.5) is 17.6 Å². The van der Waals surface area contributed by atoms with Gasteiger partial charge in [-0.05, 0) is 18.9 Å². The van der Waals surface area contributed by atoms with Crippen LogP contribution in [-0.4, -0.2) is 79.4 Å². The second kappa shape index (κ2) is 11.1. The summed E-state index contributed by atoms with van der Waals surface area (Å²) in [6.45, 7) is 0.821. The maximum Gasteiger partial charge on any atom is 0.230 e. The lowest BCUT2D eigenvalue weighted by Crippen LogP contribution is -2.33. The second-order valence-corrected chi connectivity index (χ2v) is 8.94. The maximum absolute atomic E-state index is 9.99. The number of benzene rings is 2. The number of aliphatic hydroxyl groups excluding tert-OH is 1. The minimum absolute atomic E-state index is 0.0247. The molecule has 12 heteroatoms. The minimum atomic E-state index is -0.0247. The van der Waals surface area contributed by atoms with Gasteiger partial charge in [0.15, 0.2) is 28.8 Å². The molecule has 0 radical (unpaired) electrons. The molecule has 0 aliphatic carbocycles. The van der Waals surface area contributed by atoms with Crippen LogP contribution in [0.1, 0.15) is 12.8 Å². The van der Waals surface area contributed by atoms with Gasteiger partial charge in [-0.2, -0.15) is 4.98 Å². The Morgan fingerprint density at radius 3 is 2.23 bits per heavy atom. The number of aliphatic hydroxyl groups is 1. The smallest absolute Gasteiger partial charge is 0.230 e. The number of imidazole rings is 1. The maximum atomic E-state index is 9.99. The molecule has 2 aromatic carbocycles. The van der Waals surface area contributed by atoms with Gasteiger partial charge in [0.2, 0.25) is 11.7 Å². The Morgan fingerprint density at radius 1 is 0.897 bits per heavy atom. The number of methoxy groups -OCH3 is 5. The van der Waals surface area contributed by atoms with Crippen molar-refractivity contribution in [2.75, 3.05) is 58.9 Å². The fourth-order valence-electron chi connectivity index (χ4n) is 4.88. The summed E-state index contributed by atoms with van der Waals surface area (Å²) in [5.41, 5.74) is 1.44. The van der Waals surface area contributed by atoms with Gasteiger partial charge >= 0.3 is 0 Å². The molecule has 1 fully saturated rings. The van der Waals surface area contributed by atoms with Gasteiger partial charge in [0, 0.05) is 30.1 Å². The van der Waals surface area contributed by atoms with Gasteiger partial charge < -0.3 is 43.6 Å². The zero-order chi connectivity index (χ0) is 27.5. The molecule has 4 aromatic rings. The summed E-state index contributed by atoms with van der Waals surface area (Å²) >= 11 is 0. The van der Waals surface area contributed by atoms with E-state index in [1.54, 1.807) is 41.9 Å². The molecule has 206 valence electrons. The third-order valence-corrected chi connectivity index (χ3v) is 6.81. The number of ether oxygens (including phenoxy) is 5. The zero-order valence-corrected chi connectivity index (χ0v) is 22.6. The highest BCUT2D eigenvalue weighted by atomic mass is 16.5. The predicted molar refractivity (Wildman–Crippen MR) is 147 cm³/mol. The highest BCUT2D eigenvalue weighted by Crippen LogP contribution is 2.40. The standard InChI is InChI=1S/C27H32N6O6/c1-35-20-11-18-19(12-21(20)36-2)29-27(31-26(18)33-8-6-7-16(33)14-34)30-24-13-32(15-28-24)17-9-22(37-3)25(39-5)23(10-17)38-4/h9-13,15-16,34H,6-8,14H2,1-5H3,(H,29,30,31). The highest BCUT2D eigenvalue weighted by molar-refractivity contribution is 5.93. The van der Waals surface area contributed by atoms with E-state index in [9.17, 15) is 5.11 Å². The number of nitrogens with one attached hydrogen (secondary N) is 1. The molecule has 1 saturated heterocycles. The lowest BCUT2D eigenvalue weighted by Gasteiger charge is -2.26. The Labute approximate surface area is 226 Å². The van der Waals surface area contributed by atoms with Gasteiger partial charge in [-0.25, -0.2) is 9.97 Å². The van der Waals surface area contributed by atoms with E-state index in [-0.39, 0.29) is 12.6 Å². The average molecular weight is 537 g/mol. The summed E-state index contributed by atoms with van der Waals surface area (Å²) in [4.78, 5) is 16.2. The van der Waals surface area contributed by atoms with Crippen molar-refractivity contribution in [2.24, 2.45) is 0 Å². The van der Waals surface area contributed by atoms with Crippen molar-refractivity contribution in [3.05, 3.63) is 36.8 Å². The van der Waals surface area contributed by atoms with Gasteiger partial charge in [-0.1, -0.05) is 0 Å². The van der Waals surface area contributed by atoms with E-state index in [1.165, 1.54) is 0 Å². The first-order valence-electron chi connectivity index (χ1n) is 12.5. The highest BCUT2D eigenvalue weighted by Gasteiger charge is 2.28. The summed E-state index contributed by atoms with van der Waals surface area (Å²) in [5, 5.41) is 14.0. The zero-order valence-electron chi connectivity index (χ0n) is 22.6. The van der Waals surface area contributed by atoms with Crippen molar-refractivity contribution in [3.8, 4) is 34.4 Å². The quantitative estimate of drug-likeness (QED) is 0.309. The lowest BCUT2D eigenvalue weighted by atomic mass is 10.1. The Balaban J connectivity index is 1.54. The summed E-state index contributed by atoms with van der Waals surface area (Å²) in [5.74, 6) is 4.33. The number of rotatable bonds is 10. The van der Waals surface area contributed by atoms with E-state index < -0.39 is 0 Å². The topological polar surface area (TPSA) is 125 Å². The number of fused-ring (bicyclic) bond motifs is 1. The van der Waals surface area contributed by atoms with E-state index in [1.807, 2.05) is 35.0 Å². The fourth-order valence-corrected chi connectivity index (χ4v) is 4.88. The van der Waals surface area contributed by atoms with Gasteiger partial charge in [0.1, 0.15) is 12.1 Å². The van der Waals surface area contributed by atoms with Crippen LogP contribution >= 0.6 is 0 Å². The second-order valence-electron chi connectivity index (χ2n) is 8.94. The molecule has 3 heterocycles. The number of aromatic nitrogens is 4. The Kier molecular flexibility index (Phi) is 7.46. The summed E-state index contributed by atoms with van der Waals surface area (Å²) in [6.07, 6.45) is 5.33. The van der Waals surface area contributed by atoms with Crippen LogP contribution in [-0.2, 0) is 0 Å². The van der Waals surface area contributed by atoms with E-state index in [2.05, 4.69) is 15.2 Å². The van der Waals surface area contributed by atoms with Gasteiger partial charge in [-0.3, -0.25) is 0 Å². The van der Waals surface area contributed by atoms with Crippen molar-refractivity contribution in [1.82, 2.24) is 19.5 Å². The Hall–Kier alpha value is -4.45. The molecule has 1 atom stereocenters. The fraction of sp³-hybridized carbons (Fsp3) is 0.370. The average Bonchev–Trinajstić information content (AvgIpc) is 3.64. The molecule has 12 nitrogen and oxygen atoms in total. The predicted octanol–water partition coefficient (Wildman–Crippen LogP) is 3.56. The SMILES string of the molecule is COc1cc2nc(Nc3cn(-c4cc(OC)c(OC)c(OC)c4)cn3)nc(N3CCCC3CO)c2cc1OC. The molecule has 0 amide bonds. The molecule has 0 bridgehead atoms. The monoisotopic (exact) mass is 536 g/mol. The first-order valence-corrected chi connectivity index (χ1v) is 12.5. The molecular formula is C27H32N6O6. The molecular weight excluding hydrogens is 504 g/mol. The van der Waals surface area contributed by atoms with Gasteiger partial charge in [0.05, 0.1) is 65.6 Å². The molecule has 1 unspecified atom stereocenters. The number of hydrogen-bond acceptors (Lipinski definition) is 11. The number of anilines is 3. The lowest BCUT2D eigenvalue weighted by molar-refractivity contribution is 0.266. The molecule has 0 spiro atoms. The van der Waals surface area contributed by atoms with Crippen LogP contribution in [0, 0.1) is 0 Å². The van der Waals surface area contributed by atoms with E-state index in [0.29, 0.717) is 51.8 Å². The number of nitrogens with zero attached hydrogens (tertiary/aromatic N) is 5. The first kappa shape index (κ1) is 26.2. The summed E-state index contributed by atoms with van der Waals surface area (Å²) in [7, 11) is 7.89. The molecule has 39 heavy (non-hydrogen) atoms. The molecule has 2 aromatic heterocycles. The third kappa shape index (κ3) is 4.90. The molecule has 2 N–H and O–H groups in total. The minimum Gasteiger partial charge on any atom is -0.493 e. The summed E-state index contributed by atoms with van der Waals surface area (Å²) < 4.78 is 29.3. The van der Waals surface area contributed by atoms with Crippen molar-refractivity contribution in [3.63, 3.8) is 0 Å². The normalized spacial score (nSPS) is 14.9. The largest absolute Gasteiger partial charge is 0.493 e.